The van der Waals surface area contributed by atoms with E-state index in [4.69, 9.17) is 10.00 Å². The molecule has 0 N–H and O–H groups in total. The van der Waals surface area contributed by atoms with Crippen LogP contribution in [0.2, 0.25) is 0 Å². The summed E-state index contributed by atoms with van der Waals surface area (Å²) >= 11 is 0. The summed E-state index contributed by atoms with van der Waals surface area (Å²) < 4.78 is 5.41. The average Bonchev–Trinajstić information content (AvgIpc) is 2.38. The number of amides is 1. The SMILES string of the molecule is CC(C#N)N(C)C(=O)CCOc1ccccc1. The maximum Gasteiger partial charge on any atom is 0.226 e. The van der Waals surface area contributed by atoms with Gasteiger partial charge in [0.1, 0.15) is 11.8 Å². The number of benzene rings is 1. The van der Waals surface area contributed by atoms with Crippen molar-refractivity contribution in [2.24, 2.45) is 0 Å². The standard InChI is InChI=1S/C13H16N2O2/c1-11(10-14)15(2)13(16)8-9-17-12-6-4-3-5-7-12/h3-7,11H,8-9H2,1-2H3. The molecule has 0 heterocycles. The quantitative estimate of drug-likeness (QED) is 0.778. The predicted molar refractivity (Wildman–Crippen MR) is 64.4 cm³/mol. The fraction of sp³-hybridized carbons (Fsp3) is 0.385. The largest absolute Gasteiger partial charge is 0.493 e. The summed E-state index contributed by atoms with van der Waals surface area (Å²) in [6.07, 6.45) is 0.275. The van der Waals surface area contributed by atoms with Crippen LogP contribution in [0.5, 0.6) is 5.75 Å². The van der Waals surface area contributed by atoms with Gasteiger partial charge in [-0.05, 0) is 19.1 Å². The fourth-order valence-electron chi connectivity index (χ4n) is 1.25. The molecule has 0 aliphatic carbocycles. The van der Waals surface area contributed by atoms with Crippen LogP contribution in [0.1, 0.15) is 13.3 Å². The van der Waals surface area contributed by atoms with Crippen LogP contribution < -0.4 is 4.74 Å². The Morgan fingerprint density at radius 2 is 2.12 bits per heavy atom. The first kappa shape index (κ1) is 13.0. The zero-order valence-electron chi connectivity index (χ0n) is 10.1. The first-order valence-corrected chi connectivity index (χ1v) is 5.48. The van der Waals surface area contributed by atoms with Crippen molar-refractivity contribution in [2.45, 2.75) is 19.4 Å². The summed E-state index contributed by atoms with van der Waals surface area (Å²) in [7, 11) is 1.62. The Hall–Kier alpha value is -2.02. The van der Waals surface area contributed by atoms with E-state index in [2.05, 4.69) is 0 Å². The van der Waals surface area contributed by atoms with E-state index in [0.29, 0.717) is 6.61 Å². The molecule has 0 aromatic heterocycles. The van der Waals surface area contributed by atoms with Crippen LogP contribution in [-0.2, 0) is 4.79 Å². The molecular formula is C13H16N2O2. The minimum Gasteiger partial charge on any atom is -0.493 e. The highest BCUT2D eigenvalue weighted by Gasteiger charge is 2.14. The lowest BCUT2D eigenvalue weighted by Crippen LogP contribution is -2.34. The molecule has 0 spiro atoms. The molecule has 1 amide bonds. The third-order valence-corrected chi connectivity index (χ3v) is 2.49. The molecule has 1 rings (SSSR count). The van der Waals surface area contributed by atoms with Gasteiger partial charge in [-0.15, -0.1) is 0 Å². The third-order valence-electron chi connectivity index (χ3n) is 2.49. The normalized spacial score (nSPS) is 11.4. The number of carbonyl (C=O) groups excluding carboxylic acids is 1. The van der Waals surface area contributed by atoms with Crippen LogP contribution in [0.3, 0.4) is 0 Å². The van der Waals surface area contributed by atoms with E-state index in [-0.39, 0.29) is 12.3 Å². The molecule has 0 fully saturated rings. The first-order chi connectivity index (χ1) is 8.15. The Morgan fingerprint density at radius 1 is 1.47 bits per heavy atom. The molecule has 1 aromatic carbocycles. The number of nitriles is 1. The second-order valence-electron chi connectivity index (χ2n) is 3.72. The van der Waals surface area contributed by atoms with Gasteiger partial charge in [0.2, 0.25) is 5.91 Å². The van der Waals surface area contributed by atoms with Crippen LogP contribution in [0.4, 0.5) is 0 Å². The molecule has 0 bridgehead atoms. The van der Waals surface area contributed by atoms with Crippen LogP contribution in [0.15, 0.2) is 30.3 Å². The molecule has 0 saturated carbocycles. The monoisotopic (exact) mass is 232 g/mol. The van der Waals surface area contributed by atoms with Crippen LogP contribution in [-0.4, -0.2) is 30.5 Å². The summed E-state index contributed by atoms with van der Waals surface area (Å²) in [6.45, 7) is 2.02. The van der Waals surface area contributed by atoms with Crippen molar-refractivity contribution >= 4 is 5.91 Å². The smallest absolute Gasteiger partial charge is 0.226 e. The molecule has 0 aliphatic heterocycles. The Morgan fingerprint density at radius 3 is 2.71 bits per heavy atom. The van der Waals surface area contributed by atoms with E-state index in [1.54, 1.807) is 14.0 Å². The van der Waals surface area contributed by atoms with E-state index >= 15 is 0 Å². The Balaban J connectivity index is 2.32. The second-order valence-corrected chi connectivity index (χ2v) is 3.72. The minimum absolute atomic E-state index is 0.0880. The summed E-state index contributed by atoms with van der Waals surface area (Å²) in [6, 6.07) is 10.9. The molecule has 0 saturated heterocycles. The van der Waals surface area contributed by atoms with E-state index in [9.17, 15) is 4.79 Å². The van der Waals surface area contributed by atoms with Gasteiger partial charge in [0.15, 0.2) is 0 Å². The topological polar surface area (TPSA) is 53.3 Å². The molecule has 1 unspecified atom stereocenters. The van der Waals surface area contributed by atoms with Gasteiger partial charge in [-0.2, -0.15) is 5.26 Å². The second kappa shape index (κ2) is 6.54. The lowest BCUT2D eigenvalue weighted by atomic mass is 10.3. The van der Waals surface area contributed by atoms with Crippen molar-refractivity contribution in [3.05, 3.63) is 30.3 Å². The number of hydrogen-bond acceptors (Lipinski definition) is 3. The maximum absolute atomic E-state index is 11.6. The highest BCUT2D eigenvalue weighted by atomic mass is 16.5. The van der Waals surface area contributed by atoms with Crippen molar-refractivity contribution < 1.29 is 9.53 Å². The van der Waals surface area contributed by atoms with Gasteiger partial charge >= 0.3 is 0 Å². The van der Waals surface area contributed by atoms with Gasteiger partial charge in [0, 0.05) is 7.05 Å². The number of para-hydroxylation sites is 1. The van der Waals surface area contributed by atoms with Crippen LogP contribution in [0, 0.1) is 11.3 Å². The average molecular weight is 232 g/mol. The summed E-state index contributed by atoms with van der Waals surface area (Å²) in [5.41, 5.74) is 0. The highest BCUT2D eigenvalue weighted by molar-refractivity contribution is 5.76. The van der Waals surface area contributed by atoms with Gasteiger partial charge in [-0.25, -0.2) is 0 Å². The number of rotatable bonds is 5. The number of nitrogens with zero attached hydrogens (tertiary/aromatic N) is 2. The number of hydrogen-bond donors (Lipinski definition) is 0. The molecule has 4 nitrogen and oxygen atoms in total. The summed E-state index contributed by atoms with van der Waals surface area (Å²) in [5, 5.41) is 8.68. The fourth-order valence-corrected chi connectivity index (χ4v) is 1.25. The van der Waals surface area contributed by atoms with E-state index < -0.39 is 6.04 Å². The number of carbonyl (C=O) groups is 1. The van der Waals surface area contributed by atoms with Gasteiger partial charge in [0.25, 0.3) is 0 Å². The van der Waals surface area contributed by atoms with E-state index in [1.807, 2.05) is 36.4 Å². The Labute approximate surface area is 101 Å². The van der Waals surface area contributed by atoms with Crippen molar-refractivity contribution in [3.63, 3.8) is 0 Å². The molecule has 1 atom stereocenters. The highest BCUT2D eigenvalue weighted by Crippen LogP contribution is 2.08. The van der Waals surface area contributed by atoms with Gasteiger partial charge in [-0.3, -0.25) is 4.79 Å². The van der Waals surface area contributed by atoms with Gasteiger partial charge < -0.3 is 9.64 Å². The summed E-state index contributed by atoms with van der Waals surface area (Å²) in [5.74, 6) is 0.659. The predicted octanol–water partition coefficient (Wildman–Crippen LogP) is 1.83. The van der Waals surface area contributed by atoms with Crippen molar-refractivity contribution in [1.29, 1.82) is 5.26 Å². The lowest BCUT2D eigenvalue weighted by molar-refractivity contribution is -0.131. The Kier molecular flexibility index (Phi) is 5.02. The number of ether oxygens (including phenoxy) is 1. The van der Waals surface area contributed by atoms with Gasteiger partial charge in [-0.1, -0.05) is 18.2 Å². The molecule has 0 radical (unpaired) electrons. The van der Waals surface area contributed by atoms with E-state index in [0.717, 1.165) is 5.75 Å². The molecule has 0 aliphatic rings. The Bertz CT molecular complexity index is 398. The van der Waals surface area contributed by atoms with E-state index in [1.165, 1.54) is 4.90 Å². The zero-order chi connectivity index (χ0) is 12.7. The molecule has 4 heteroatoms. The van der Waals surface area contributed by atoms with Crippen LogP contribution >= 0.6 is 0 Å². The molecule has 90 valence electrons. The van der Waals surface area contributed by atoms with Gasteiger partial charge in [0.05, 0.1) is 19.1 Å². The molecule has 1 aromatic rings. The van der Waals surface area contributed by atoms with Crippen molar-refractivity contribution in [1.82, 2.24) is 4.90 Å². The lowest BCUT2D eigenvalue weighted by Gasteiger charge is -2.19. The summed E-state index contributed by atoms with van der Waals surface area (Å²) in [4.78, 5) is 13.1. The maximum atomic E-state index is 11.6. The van der Waals surface area contributed by atoms with Crippen LogP contribution in [0.25, 0.3) is 0 Å². The van der Waals surface area contributed by atoms with Crippen molar-refractivity contribution in [2.75, 3.05) is 13.7 Å². The minimum atomic E-state index is -0.403. The first-order valence-electron chi connectivity index (χ1n) is 5.48. The molecule has 17 heavy (non-hydrogen) atoms. The third kappa shape index (κ3) is 4.15. The zero-order valence-corrected chi connectivity index (χ0v) is 10.1. The molecular weight excluding hydrogens is 216 g/mol. The van der Waals surface area contributed by atoms with Crippen molar-refractivity contribution in [3.8, 4) is 11.8 Å².